The molecule has 0 N–H and O–H groups in total. The molecule has 0 spiro atoms. The molecule has 79 valence electrons. The number of hydrogen-bond acceptors (Lipinski definition) is 0. The normalized spacial score (nSPS) is 8.21. The van der Waals surface area contributed by atoms with E-state index in [0.29, 0.717) is 0 Å². The first-order valence-corrected chi connectivity index (χ1v) is 4.59. The van der Waals surface area contributed by atoms with Crippen molar-refractivity contribution in [1.82, 2.24) is 0 Å². The van der Waals surface area contributed by atoms with E-state index in [1.807, 2.05) is 0 Å². The SMILES string of the molecule is CCc1cc[c-](CC)c1CC.[Cl-].[Cl-].[Ti+3]. The molecule has 3 heteroatoms. The minimum Gasteiger partial charge on any atom is -1.00 e. The fraction of sp³-hybridized carbons (Fsp3) is 0.545. The van der Waals surface area contributed by atoms with Crippen molar-refractivity contribution < 1.29 is 46.5 Å². The molecule has 0 fully saturated rings. The third-order valence-electron chi connectivity index (χ3n) is 2.38. The number of rotatable bonds is 3. The summed E-state index contributed by atoms with van der Waals surface area (Å²) in [5.41, 5.74) is 4.68. The van der Waals surface area contributed by atoms with Crippen molar-refractivity contribution in [2.45, 2.75) is 40.0 Å². The molecule has 1 aromatic rings. The van der Waals surface area contributed by atoms with Gasteiger partial charge in [0.2, 0.25) is 0 Å². The Bertz CT molecular complexity index is 210. The van der Waals surface area contributed by atoms with Crippen LogP contribution in [0.1, 0.15) is 37.5 Å². The second kappa shape index (κ2) is 10.2. The van der Waals surface area contributed by atoms with E-state index in [4.69, 9.17) is 0 Å². The first-order valence-electron chi connectivity index (χ1n) is 4.59. The van der Waals surface area contributed by atoms with E-state index in [9.17, 15) is 0 Å². The maximum atomic E-state index is 2.28. The summed E-state index contributed by atoms with van der Waals surface area (Å²) in [5, 5.41) is 0. The Morgan fingerprint density at radius 3 is 2.00 bits per heavy atom. The Morgan fingerprint density at radius 2 is 1.64 bits per heavy atom. The maximum absolute atomic E-state index is 2.28. The summed E-state index contributed by atoms with van der Waals surface area (Å²) in [4.78, 5) is 0. The van der Waals surface area contributed by atoms with Gasteiger partial charge in [-0.1, -0.05) is 40.0 Å². The molecular formula is C11H17Cl2Ti. The molecule has 0 aliphatic heterocycles. The molecule has 0 aliphatic rings. The zero-order chi connectivity index (χ0) is 8.27. The van der Waals surface area contributed by atoms with E-state index in [1.54, 1.807) is 16.7 Å². The van der Waals surface area contributed by atoms with Crippen LogP contribution >= 0.6 is 0 Å². The molecule has 1 radical (unpaired) electrons. The van der Waals surface area contributed by atoms with Crippen LogP contribution in [-0.4, -0.2) is 0 Å². The Balaban J connectivity index is -0.000000403. The minimum absolute atomic E-state index is 0. The van der Waals surface area contributed by atoms with Crippen molar-refractivity contribution in [2.75, 3.05) is 0 Å². The first kappa shape index (κ1) is 20.1. The predicted octanol–water partition coefficient (Wildman–Crippen LogP) is -2.90. The molecule has 0 amide bonds. The van der Waals surface area contributed by atoms with E-state index >= 15 is 0 Å². The fourth-order valence-corrected chi connectivity index (χ4v) is 1.73. The number of hydrogen-bond donors (Lipinski definition) is 0. The van der Waals surface area contributed by atoms with Crippen LogP contribution in [0.5, 0.6) is 0 Å². The van der Waals surface area contributed by atoms with Crippen LogP contribution in [0.25, 0.3) is 0 Å². The van der Waals surface area contributed by atoms with Crippen molar-refractivity contribution >= 4 is 0 Å². The summed E-state index contributed by atoms with van der Waals surface area (Å²) in [5.74, 6) is 0. The summed E-state index contributed by atoms with van der Waals surface area (Å²) in [6, 6.07) is 4.55. The van der Waals surface area contributed by atoms with Crippen molar-refractivity contribution in [3.05, 3.63) is 28.8 Å². The van der Waals surface area contributed by atoms with Crippen molar-refractivity contribution in [1.29, 1.82) is 0 Å². The van der Waals surface area contributed by atoms with Gasteiger partial charge in [0.1, 0.15) is 0 Å². The maximum Gasteiger partial charge on any atom is 3.00 e. The molecule has 0 aliphatic carbocycles. The molecule has 0 unspecified atom stereocenters. The van der Waals surface area contributed by atoms with Gasteiger partial charge in [0.25, 0.3) is 0 Å². The van der Waals surface area contributed by atoms with Crippen LogP contribution < -0.4 is 24.8 Å². The summed E-state index contributed by atoms with van der Waals surface area (Å²) in [6.07, 6.45) is 3.56. The Kier molecular flexibility index (Phi) is 14.6. The molecule has 14 heavy (non-hydrogen) atoms. The minimum atomic E-state index is 0. The zero-order valence-electron chi connectivity index (χ0n) is 9.03. The van der Waals surface area contributed by atoms with E-state index in [1.165, 1.54) is 19.3 Å². The standard InChI is InChI=1S/C11H17.2ClH.Ti/c1-4-9-7-8-10(5-2)11(9)6-3;;;/h7-8H,4-6H2,1-3H3;2*1H;/q-1;;;+3/p-2. The van der Waals surface area contributed by atoms with E-state index in [0.717, 1.165) is 0 Å². The topological polar surface area (TPSA) is 0 Å². The van der Waals surface area contributed by atoms with Crippen LogP contribution in [-0.2, 0) is 41.0 Å². The van der Waals surface area contributed by atoms with Crippen molar-refractivity contribution in [3.63, 3.8) is 0 Å². The molecule has 1 rings (SSSR count). The fourth-order valence-electron chi connectivity index (χ4n) is 1.73. The molecule has 0 heterocycles. The zero-order valence-corrected chi connectivity index (χ0v) is 12.1. The van der Waals surface area contributed by atoms with Gasteiger partial charge in [-0.15, -0.1) is 0 Å². The molecule has 0 nitrogen and oxygen atoms in total. The Morgan fingerprint density at radius 1 is 1.07 bits per heavy atom. The Labute approximate surface area is 115 Å². The monoisotopic (exact) mass is 267 g/mol. The van der Waals surface area contributed by atoms with Crippen LogP contribution in [0.4, 0.5) is 0 Å². The summed E-state index contributed by atoms with van der Waals surface area (Å²) < 4.78 is 0. The smallest absolute Gasteiger partial charge is 1.00 e. The summed E-state index contributed by atoms with van der Waals surface area (Å²) in [6.45, 7) is 6.70. The molecule has 0 saturated heterocycles. The van der Waals surface area contributed by atoms with Crippen LogP contribution in [0.15, 0.2) is 12.1 Å². The summed E-state index contributed by atoms with van der Waals surface area (Å²) in [7, 11) is 0. The molecule has 0 aromatic heterocycles. The van der Waals surface area contributed by atoms with Gasteiger partial charge >= 0.3 is 21.7 Å². The third-order valence-corrected chi connectivity index (χ3v) is 2.38. The van der Waals surface area contributed by atoms with Gasteiger partial charge in [0.15, 0.2) is 0 Å². The molecule has 1 aromatic carbocycles. The van der Waals surface area contributed by atoms with Crippen LogP contribution in [0.3, 0.4) is 0 Å². The van der Waals surface area contributed by atoms with Gasteiger partial charge in [-0.2, -0.15) is 22.8 Å². The van der Waals surface area contributed by atoms with Crippen molar-refractivity contribution in [3.8, 4) is 0 Å². The van der Waals surface area contributed by atoms with Gasteiger partial charge in [-0.3, -0.25) is 0 Å². The van der Waals surface area contributed by atoms with Gasteiger partial charge in [0.05, 0.1) is 0 Å². The first-order chi connectivity index (χ1) is 5.33. The average molecular weight is 268 g/mol. The van der Waals surface area contributed by atoms with E-state index in [2.05, 4.69) is 32.9 Å². The quantitative estimate of drug-likeness (QED) is 0.407. The predicted molar refractivity (Wildman–Crippen MR) is 50.2 cm³/mol. The van der Waals surface area contributed by atoms with Crippen LogP contribution in [0.2, 0.25) is 0 Å². The number of aryl methyl sites for hydroxylation is 2. The molecule has 0 atom stereocenters. The average Bonchev–Trinajstić information content (AvgIpc) is 2.45. The second-order valence-electron chi connectivity index (χ2n) is 2.92. The molecular weight excluding hydrogens is 251 g/mol. The Hall–Kier alpha value is 0.644. The second-order valence-corrected chi connectivity index (χ2v) is 2.92. The molecule has 0 bridgehead atoms. The van der Waals surface area contributed by atoms with Crippen LogP contribution in [0, 0.1) is 0 Å². The largest absolute Gasteiger partial charge is 3.00 e. The van der Waals surface area contributed by atoms with E-state index in [-0.39, 0.29) is 46.5 Å². The van der Waals surface area contributed by atoms with Gasteiger partial charge < -0.3 is 24.8 Å². The third kappa shape index (κ3) is 4.44. The summed E-state index contributed by atoms with van der Waals surface area (Å²) >= 11 is 0. The number of halogens is 2. The molecule has 0 saturated carbocycles. The van der Waals surface area contributed by atoms with Gasteiger partial charge in [-0.05, 0) is 0 Å². The van der Waals surface area contributed by atoms with Gasteiger partial charge in [0, 0.05) is 0 Å². The van der Waals surface area contributed by atoms with Gasteiger partial charge in [-0.25, -0.2) is 6.07 Å². The van der Waals surface area contributed by atoms with Crippen molar-refractivity contribution in [2.24, 2.45) is 0 Å². The van der Waals surface area contributed by atoms with E-state index < -0.39 is 0 Å².